The molecule has 0 bridgehead atoms. The Labute approximate surface area is 100 Å². The Kier molecular flexibility index (Phi) is 1.94. The van der Waals surface area contributed by atoms with Crippen LogP contribution in [0.5, 0.6) is 0 Å². The predicted octanol–water partition coefficient (Wildman–Crippen LogP) is 1.63. The minimum atomic E-state index is -0.594. The van der Waals surface area contributed by atoms with Gasteiger partial charge in [-0.3, -0.25) is 25.0 Å². The molecule has 1 N–H and O–H groups in total. The molecule has 88 valence electrons. The van der Waals surface area contributed by atoms with Crippen molar-refractivity contribution in [2.45, 2.75) is 0 Å². The maximum atomic E-state index is 11.7. The van der Waals surface area contributed by atoms with Gasteiger partial charge in [0.25, 0.3) is 17.5 Å². The van der Waals surface area contributed by atoms with E-state index in [2.05, 4.69) is 5.32 Å². The highest BCUT2D eigenvalue weighted by atomic mass is 16.6. The third kappa shape index (κ3) is 1.22. The Morgan fingerprint density at radius 2 is 1.72 bits per heavy atom. The van der Waals surface area contributed by atoms with E-state index in [9.17, 15) is 19.7 Å². The molecule has 1 aliphatic rings. The van der Waals surface area contributed by atoms with Crippen LogP contribution >= 0.6 is 0 Å². The molecule has 0 fully saturated rings. The summed E-state index contributed by atoms with van der Waals surface area (Å²) in [5.41, 5.74) is 0.0980. The number of fused-ring (bicyclic) bond motifs is 3. The average Bonchev–Trinajstić information content (AvgIpc) is 2.64. The summed E-state index contributed by atoms with van der Waals surface area (Å²) in [6.45, 7) is 0. The van der Waals surface area contributed by atoms with E-state index in [4.69, 9.17) is 0 Å². The third-order valence-electron chi connectivity index (χ3n) is 2.92. The van der Waals surface area contributed by atoms with Gasteiger partial charge in [0.1, 0.15) is 0 Å². The molecule has 2 aromatic carbocycles. The van der Waals surface area contributed by atoms with E-state index in [0.717, 1.165) is 6.07 Å². The van der Waals surface area contributed by atoms with Gasteiger partial charge in [0, 0.05) is 11.5 Å². The third-order valence-corrected chi connectivity index (χ3v) is 2.92. The van der Waals surface area contributed by atoms with E-state index in [1.54, 1.807) is 24.3 Å². The van der Waals surface area contributed by atoms with E-state index in [0.29, 0.717) is 10.8 Å². The molecule has 0 radical (unpaired) electrons. The van der Waals surface area contributed by atoms with Crippen LogP contribution in [0.15, 0.2) is 30.3 Å². The first-order valence-corrected chi connectivity index (χ1v) is 5.15. The molecule has 1 aliphatic heterocycles. The summed E-state index contributed by atoms with van der Waals surface area (Å²) in [7, 11) is 0. The van der Waals surface area contributed by atoms with E-state index < -0.39 is 16.7 Å². The average molecular weight is 242 g/mol. The van der Waals surface area contributed by atoms with Crippen molar-refractivity contribution in [1.82, 2.24) is 5.32 Å². The van der Waals surface area contributed by atoms with Crippen LogP contribution in [-0.2, 0) is 0 Å². The molecule has 18 heavy (non-hydrogen) atoms. The molecule has 1 heterocycles. The SMILES string of the molecule is O=C1NC(=O)c2c1cc([N+](=O)[O-])c1ccccc21. The number of hydrogen-bond acceptors (Lipinski definition) is 4. The molecule has 3 rings (SSSR count). The summed E-state index contributed by atoms with van der Waals surface area (Å²) in [4.78, 5) is 33.6. The van der Waals surface area contributed by atoms with Crippen molar-refractivity contribution in [3.63, 3.8) is 0 Å². The zero-order valence-electron chi connectivity index (χ0n) is 8.97. The van der Waals surface area contributed by atoms with Crippen molar-refractivity contribution < 1.29 is 14.5 Å². The second-order valence-electron chi connectivity index (χ2n) is 3.90. The van der Waals surface area contributed by atoms with Gasteiger partial charge in [-0.25, -0.2) is 0 Å². The van der Waals surface area contributed by atoms with Gasteiger partial charge in [-0.2, -0.15) is 0 Å². The molecule has 0 spiro atoms. The van der Waals surface area contributed by atoms with Crippen molar-refractivity contribution >= 4 is 28.3 Å². The van der Waals surface area contributed by atoms with Crippen LogP contribution in [0.2, 0.25) is 0 Å². The van der Waals surface area contributed by atoms with Crippen molar-refractivity contribution in [1.29, 1.82) is 0 Å². The number of amides is 2. The first kappa shape index (κ1) is 10.4. The molecular weight excluding hydrogens is 236 g/mol. The topological polar surface area (TPSA) is 89.3 Å². The van der Waals surface area contributed by atoms with E-state index in [1.165, 1.54) is 0 Å². The summed E-state index contributed by atoms with van der Waals surface area (Å²) in [5.74, 6) is -1.11. The number of non-ortho nitro benzene ring substituents is 1. The fourth-order valence-corrected chi connectivity index (χ4v) is 2.16. The van der Waals surface area contributed by atoms with Gasteiger partial charge in [-0.15, -0.1) is 0 Å². The van der Waals surface area contributed by atoms with Gasteiger partial charge in [-0.05, 0) is 6.07 Å². The Balaban J connectivity index is 2.52. The summed E-state index contributed by atoms with van der Waals surface area (Å²) in [5, 5.41) is 13.9. The van der Waals surface area contributed by atoms with Crippen molar-refractivity contribution in [2.24, 2.45) is 0 Å². The molecular formula is C12H6N2O4. The summed E-state index contributed by atoms with van der Waals surface area (Å²) in [6.07, 6.45) is 0. The molecule has 0 aliphatic carbocycles. The lowest BCUT2D eigenvalue weighted by Gasteiger charge is -2.03. The van der Waals surface area contributed by atoms with Crippen molar-refractivity contribution in [3.8, 4) is 0 Å². The molecule has 6 nitrogen and oxygen atoms in total. The largest absolute Gasteiger partial charge is 0.288 e. The second-order valence-corrected chi connectivity index (χ2v) is 3.90. The number of hydrogen-bond donors (Lipinski definition) is 1. The number of nitro groups is 1. The molecule has 2 amide bonds. The smallest absolute Gasteiger partial charge is 0.278 e. The van der Waals surface area contributed by atoms with Gasteiger partial charge < -0.3 is 0 Å². The Morgan fingerprint density at radius 3 is 2.39 bits per heavy atom. The van der Waals surface area contributed by atoms with Gasteiger partial charge in [0.15, 0.2) is 0 Å². The van der Waals surface area contributed by atoms with E-state index in [-0.39, 0.29) is 16.8 Å². The highest BCUT2D eigenvalue weighted by Gasteiger charge is 2.32. The van der Waals surface area contributed by atoms with E-state index in [1.807, 2.05) is 0 Å². The summed E-state index contributed by atoms with van der Waals surface area (Å²) >= 11 is 0. The molecule has 0 unspecified atom stereocenters. The van der Waals surface area contributed by atoms with Gasteiger partial charge >= 0.3 is 0 Å². The quantitative estimate of drug-likeness (QED) is 0.467. The number of carbonyl (C=O) groups is 2. The number of imide groups is 1. The van der Waals surface area contributed by atoms with Crippen LogP contribution in [0.3, 0.4) is 0 Å². The minimum absolute atomic E-state index is 0.0606. The summed E-state index contributed by atoms with van der Waals surface area (Å²) < 4.78 is 0. The van der Waals surface area contributed by atoms with Crippen LogP contribution in [0.4, 0.5) is 5.69 Å². The van der Waals surface area contributed by atoms with Crippen LogP contribution in [0, 0.1) is 10.1 Å². The fraction of sp³-hybridized carbons (Fsp3) is 0. The Hall–Kier alpha value is -2.76. The molecule has 0 aromatic heterocycles. The molecule has 6 heteroatoms. The van der Waals surface area contributed by atoms with Gasteiger partial charge in [0.05, 0.1) is 21.4 Å². The zero-order valence-corrected chi connectivity index (χ0v) is 8.97. The molecule has 0 saturated heterocycles. The summed E-state index contributed by atoms with van der Waals surface area (Å²) in [6, 6.07) is 7.62. The minimum Gasteiger partial charge on any atom is -0.288 e. The standard InChI is InChI=1S/C12H6N2O4/c15-11-8-5-9(14(17)18)6-3-1-2-4-7(6)10(8)12(16)13-11/h1-5H,(H,13,15,16). The second kappa shape index (κ2) is 3.36. The number of benzene rings is 2. The number of nitro benzene ring substituents is 1. The first-order valence-electron chi connectivity index (χ1n) is 5.15. The predicted molar refractivity (Wildman–Crippen MR) is 62.4 cm³/mol. The highest BCUT2D eigenvalue weighted by molar-refractivity contribution is 6.27. The number of rotatable bonds is 1. The normalized spacial score (nSPS) is 13.6. The van der Waals surface area contributed by atoms with Gasteiger partial charge in [-0.1, -0.05) is 18.2 Å². The number of nitrogens with one attached hydrogen (secondary N) is 1. The zero-order chi connectivity index (χ0) is 12.9. The van der Waals surface area contributed by atoms with Crippen LogP contribution in [0.25, 0.3) is 10.8 Å². The fourth-order valence-electron chi connectivity index (χ4n) is 2.16. The van der Waals surface area contributed by atoms with Crippen LogP contribution in [-0.4, -0.2) is 16.7 Å². The lowest BCUT2D eigenvalue weighted by atomic mass is 9.99. The lowest BCUT2D eigenvalue weighted by molar-refractivity contribution is -0.383. The molecule has 0 saturated carbocycles. The first-order chi connectivity index (χ1) is 8.59. The van der Waals surface area contributed by atoms with Crippen molar-refractivity contribution in [2.75, 3.05) is 0 Å². The van der Waals surface area contributed by atoms with Crippen LogP contribution in [0.1, 0.15) is 20.7 Å². The van der Waals surface area contributed by atoms with Crippen LogP contribution < -0.4 is 5.32 Å². The molecule has 0 atom stereocenters. The van der Waals surface area contributed by atoms with Crippen molar-refractivity contribution in [3.05, 3.63) is 51.6 Å². The monoisotopic (exact) mass is 242 g/mol. The maximum Gasteiger partial charge on any atom is 0.278 e. The van der Waals surface area contributed by atoms with Gasteiger partial charge in [0.2, 0.25) is 0 Å². The van der Waals surface area contributed by atoms with E-state index >= 15 is 0 Å². The highest BCUT2D eigenvalue weighted by Crippen LogP contribution is 2.33. The molecule has 2 aromatic rings. The Morgan fingerprint density at radius 1 is 1.06 bits per heavy atom. The number of carbonyl (C=O) groups excluding carboxylic acids is 2. The number of nitrogens with zero attached hydrogens (tertiary/aromatic N) is 1. The Bertz CT molecular complexity index is 736. The maximum absolute atomic E-state index is 11.7. The lowest BCUT2D eigenvalue weighted by Crippen LogP contribution is -2.19.